The van der Waals surface area contributed by atoms with Gasteiger partial charge >= 0.3 is 5.97 Å². The highest BCUT2D eigenvalue weighted by molar-refractivity contribution is 5.72. The van der Waals surface area contributed by atoms with Gasteiger partial charge in [0.1, 0.15) is 0 Å². The quantitative estimate of drug-likeness (QED) is 0.801. The molecular weight excluding hydrogens is 214 g/mol. The molecule has 3 aliphatic rings. The first-order valence-corrected chi connectivity index (χ1v) is 7.24. The van der Waals surface area contributed by atoms with E-state index in [1.54, 1.807) is 0 Å². The summed E-state index contributed by atoms with van der Waals surface area (Å²) in [7, 11) is 0. The van der Waals surface area contributed by atoms with Crippen LogP contribution in [0.25, 0.3) is 0 Å². The summed E-state index contributed by atoms with van der Waals surface area (Å²) in [6.07, 6.45) is 8.80. The van der Waals surface area contributed by atoms with Crippen LogP contribution in [0, 0.1) is 17.8 Å². The predicted octanol–water partition coefficient (Wildman–Crippen LogP) is 2.36. The third kappa shape index (κ3) is 1.99. The molecule has 3 rings (SSSR count). The van der Waals surface area contributed by atoms with Crippen molar-refractivity contribution >= 4 is 5.97 Å². The van der Waals surface area contributed by atoms with Crippen molar-refractivity contribution in [3.8, 4) is 0 Å². The van der Waals surface area contributed by atoms with Gasteiger partial charge in [-0.1, -0.05) is 12.8 Å². The highest BCUT2D eigenvalue weighted by atomic mass is 16.4. The Morgan fingerprint density at radius 3 is 2.29 bits per heavy atom. The van der Waals surface area contributed by atoms with Gasteiger partial charge in [0, 0.05) is 6.04 Å². The summed E-state index contributed by atoms with van der Waals surface area (Å²) in [5.41, 5.74) is 0. The van der Waals surface area contributed by atoms with Crippen LogP contribution in [0.3, 0.4) is 0 Å². The molecule has 0 aromatic heterocycles. The summed E-state index contributed by atoms with van der Waals surface area (Å²) in [5.74, 6) is 0.559. The summed E-state index contributed by atoms with van der Waals surface area (Å²) < 4.78 is 0. The summed E-state index contributed by atoms with van der Waals surface area (Å²) in [4.78, 5) is 14.0. The second-order valence-corrected chi connectivity index (χ2v) is 6.14. The third-order valence-electron chi connectivity index (χ3n) is 5.22. The Labute approximate surface area is 103 Å². The molecule has 3 heteroatoms. The number of likely N-dealkylation sites (tertiary alicyclic amines) is 1. The maximum atomic E-state index is 11.5. The first kappa shape index (κ1) is 11.5. The lowest BCUT2D eigenvalue weighted by Gasteiger charge is -2.37. The number of hydrogen-bond donors (Lipinski definition) is 1. The zero-order valence-electron chi connectivity index (χ0n) is 10.5. The van der Waals surface area contributed by atoms with Gasteiger partial charge in [-0.15, -0.1) is 0 Å². The topological polar surface area (TPSA) is 40.5 Å². The molecule has 3 fully saturated rings. The Bertz CT molecular complexity index is 297. The Hall–Kier alpha value is -0.570. The van der Waals surface area contributed by atoms with Crippen molar-refractivity contribution in [2.75, 3.05) is 13.1 Å². The van der Waals surface area contributed by atoms with Gasteiger partial charge in [0.15, 0.2) is 0 Å². The fourth-order valence-corrected chi connectivity index (χ4v) is 4.53. The predicted molar refractivity (Wildman–Crippen MR) is 65.8 cm³/mol. The van der Waals surface area contributed by atoms with Gasteiger partial charge in [0.05, 0.1) is 5.92 Å². The molecule has 1 N–H and O–H groups in total. The van der Waals surface area contributed by atoms with E-state index in [-0.39, 0.29) is 5.92 Å². The Balaban J connectivity index is 1.77. The molecule has 0 amide bonds. The smallest absolute Gasteiger partial charge is 0.308 e. The monoisotopic (exact) mass is 237 g/mol. The van der Waals surface area contributed by atoms with E-state index in [1.165, 1.54) is 38.5 Å². The summed E-state index contributed by atoms with van der Waals surface area (Å²) in [5, 5.41) is 9.48. The molecule has 96 valence electrons. The molecule has 1 heterocycles. The average molecular weight is 237 g/mol. The van der Waals surface area contributed by atoms with Crippen LogP contribution in [0.1, 0.15) is 44.9 Å². The summed E-state index contributed by atoms with van der Waals surface area (Å²) in [6.45, 7) is 2.27. The number of carboxylic acids is 1. The van der Waals surface area contributed by atoms with Crippen LogP contribution in [0.4, 0.5) is 0 Å². The molecule has 0 aromatic carbocycles. The van der Waals surface area contributed by atoms with Crippen molar-refractivity contribution in [3.63, 3.8) is 0 Å². The molecule has 2 bridgehead atoms. The molecule has 1 saturated heterocycles. The molecule has 2 saturated carbocycles. The Morgan fingerprint density at radius 1 is 1.00 bits per heavy atom. The van der Waals surface area contributed by atoms with Crippen molar-refractivity contribution < 1.29 is 9.90 Å². The Morgan fingerprint density at radius 2 is 1.65 bits per heavy atom. The molecule has 4 unspecified atom stereocenters. The van der Waals surface area contributed by atoms with E-state index in [2.05, 4.69) is 4.90 Å². The molecule has 0 radical (unpaired) electrons. The minimum atomic E-state index is -0.536. The SMILES string of the molecule is O=C(O)C1C2CCC(C2)C1N1CCCCCC1. The molecule has 3 nitrogen and oxygen atoms in total. The number of aliphatic carboxylic acids is 1. The van der Waals surface area contributed by atoms with E-state index < -0.39 is 5.97 Å². The van der Waals surface area contributed by atoms with Crippen molar-refractivity contribution in [1.29, 1.82) is 0 Å². The first-order chi connectivity index (χ1) is 8.27. The summed E-state index contributed by atoms with van der Waals surface area (Å²) in [6, 6.07) is 0.365. The largest absolute Gasteiger partial charge is 0.481 e. The van der Waals surface area contributed by atoms with Crippen LogP contribution in [-0.2, 0) is 4.79 Å². The minimum Gasteiger partial charge on any atom is -0.481 e. The van der Waals surface area contributed by atoms with Gasteiger partial charge in [0.2, 0.25) is 0 Å². The fraction of sp³-hybridized carbons (Fsp3) is 0.929. The molecule has 1 aliphatic heterocycles. The molecule has 4 atom stereocenters. The number of nitrogens with zero attached hydrogens (tertiary/aromatic N) is 1. The van der Waals surface area contributed by atoms with Gasteiger partial charge in [0.25, 0.3) is 0 Å². The van der Waals surface area contributed by atoms with E-state index in [4.69, 9.17) is 0 Å². The second-order valence-electron chi connectivity index (χ2n) is 6.14. The van der Waals surface area contributed by atoms with Crippen LogP contribution < -0.4 is 0 Å². The lowest BCUT2D eigenvalue weighted by Crippen LogP contribution is -2.47. The highest BCUT2D eigenvalue weighted by Gasteiger charge is 2.52. The number of hydrogen-bond acceptors (Lipinski definition) is 2. The zero-order chi connectivity index (χ0) is 11.8. The molecule has 0 aromatic rings. The lowest BCUT2D eigenvalue weighted by atomic mass is 9.83. The second kappa shape index (κ2) is 4.60. The molecule has 17 heavy (non-hydrogen) atoms. The van der Waals surface area contributed by atoms with E-state index in [0.29, 0.717) is 17.9 Å². The molecular formula is C14H23NO2. The number of carboxylic acid groups (broad SMARTS) is 1. The fourth-order valence-electron chi connectivity index (χ4n) is 4.53. The maximum Gasteiger partial charge on any atom is 0.308 e. The summed E-state index contributed by atoms with van der Waals surface area (Å²) >= 11 is 0. The van der Waals surface area contributed by atoms with Gasteiger partial charge < -0.3 is 5.11 Å². The van der Waals surface area contributed by atoms with Crippen LogP contribution in [-0.4, -0.2) is 35.1 Å². The minimum absolute atomic E-state index is 0.0631. The zero-order valence-corrected chi connectivity index (χ0v) is 10.5. The lowest BCUT2D eigenvalue weighted by molar-refractivity contribution is -0.146. The number of rotatable bonds is 2. The third-order valence-corrected chi connectivity index (χ3v) is 5.22. The first-order valence-electron chi connectivity index (χ1n) is 7.24. The van der Waals surface area contributed by atoms with Gasteiger partial charge in [-0.05, 0) is 57.0 Å². The van der Waals surface area contributed by atoms with E-state index >= 15 is 0 Å². The number of fused-ring (bicyclic) bond motifs is 2. The molecule has 2 aliphatic carbocycles. The van der Waals surface area contributed by atoms with Gasteiger partial charge in [-0.2, -0.15) is 0 Å². The van der Waals surface area contributed by atoms with Crippen LogP contribution >= 0.6 is 0 Å². The highest BCUT2D eigenvalue weighted by Crippen LogP contribution is 2.50. The van der Waals surface area contributed by atoms with Gasteiger partial charge in [-0.25, -0.2) is 0 Å². The van der Waals surface area contributed by atoms with E-state index in [0.717, 1.165) is 19.5 Å². The normalized spacial score (nSPS) is 42.6. The molecule has 0 spiro atoms. The van der Waals surface area contributed by atoms with Crippen molar-refractivity contribution in [3.05, 3.63) is 0 Å². The standard InChI is InChI=1S/C14H23NO2/c16-14(17)12-10-5-6-11(9-10)13(12)15-7-3-1-2-4-8-15/h10-13H,1-9H2,(H,16,17). The van der Waals surface area contributed by atoms with Crippen molar-refractivity contribution in [1.82, 2.24) is 4.90 Å². The van der Waals surface area contributed by atoms with E-state index in [9.17, 15) is 9.90 Å². The average Bonchev–Trinajstić information content (AvgIpc) is 2.80. The maximum absolute atomic E-state index is 11.5. The van der Waals surface area contributed by atoms with Crippen LogP contribution in [0.5, 0.6) is 0 Å². The van der Waals surface area contributed by atoms with Crippen LogP contribution in [0.2, 0.25) is 0 Å². The van der Waals surface area contributed by atoms with Crippen LogP contribution in [0.15, 0.2) is 0 Å². The van der Waals surface area contributed by atoms with Crippen molar-refractivity contribution in [2.24, 2.45) is 17.8 Å². The Kier molecular flexibility index (Phi) is 3.12. The van der Waals surface area contributed by atoms with Gasteiger partial charge in [-0.3, -0.25) is 9.69 Å². The number of carbonyl (C=O) groups is 1. The van der Waals surface area contributed by atoms with E-state index in [1.807, 2.05) is 0 Å². The van der Waals surface area contributed by atoms with Crippen molar-refractivity contribution in [2.45, 2.75) is 51.0 Å².